The third-order valence-electron chi connectivity index (χ3n) is 6.65. The van der Waals surface area contributed by atoms with Gasteiger partial charge >= 0.3 is 0 Å². The summed E-state index contributed by atoms with van der Waals surface area (Å²) < 4.78 is 49.5. The van der Waals surface area contributed by atoms with Crippen LogP contribution in [-0.2, 0) is 4.74 Å². The van der Waals surface area contributed by atoms with Crippen molar-refractivity contribution in [2.75, 3.05) is 6.61 Å². The molecule has 5 rings (SSSR count). The maximum Gasteiger partial charge on any atom is 0.167 e. The summed E-state index contributed by atoms with van der Waals surface area (Å²) in [6.45, 7) is 2.55. The van der Waals surface area contributed by atoms with Crippen LogP contribution in [0.2, 0.25) is 0 Å². The quantitative estimate of drug-likeness (QED) is 0.194. The van der Waals surface area contributed by atoms with E-state index in [0.29, 0.717) is 29.7 Å². The van der Waals surface area contributed by atoms with Crippen LogP contribution in [0.4, 0.5) is 13.2 Å². The van der Waals surface area contributed by atoms with Crippen molar-refractivity contribution in [2.24, 2.45) is 0 Å². The van der Waals surface area contributed by atoms with Gasteiger partial charge in [-0.05, 0) is 40.3 Å². The number of aliphatic hydroxyl groups excluding tert-OH is 1. The second-order valence-electron chi connectivity index (χ2n) is 9.27. The number of epoxide rings is 1. The maximum absolute atomic E-state index is 15.1. The lowest BCUT2D eigenvalue weighted by atomic mass is 9.96. The van der Waals surface area contributed by atoms with Gasteiger partial charge in [-0.15, -0.1) is 0 Å². The van der Waals surface area contributed by atoms with Crippen molar-refractivity contribution in [1.82, 2.24) is 0 Å². The summed E-state index contributed by atoms with van der Waals surface area (Å²) in [6.07, 6.45) is 4.45. The Kier molecular flexibility index (Phi) is 7.26. The van der Waals surface area contributed by atoms with E-state index < -0.39 is 17.7 Å². The standard InChI is InChI=1S/C32H27F3O2/c1-2-3-29(36)24-13-11-23(12-14-24)26-17-16-25(31(34)32(26)35)22-9-6-20(7-10-22)4-5-21-8-15-27(28(33)18-21)30-19-37-30/h4-18,29-30,36H,2-3,19H2,1H3/b5-4+. The van der Waals surface area contributed by atoms with Gasteiger partial charge in [0.1, 0.15) is 11.9 Å². The van der Waals surface area contributed by atoms with Gasteiger partial charge in [-0.25, -0.2) is 13.2 Å². The molecule has 2 unspecified atom stereocenters. The third-order valence-corrected chi connectivity index (χ3v) is 6.65. The van der Waals surface area contributed by atoms with Crippen LogP contribution in [0.15, 0.2) is 78.9 Å². The molecule has 0 aromatic heterocycles. The Balaban J connectivity index is 1.32. The molecule has 188 valence electrons. The SMILES string of the molecule is CCCC(O)c1ccc(-c2ccc(-c3ccc(/C=C/c4ccc(C5CO5)c(F)c4)cc3)c(F)c2F)cc1. The fraction of sp³-hybridized carbons (Fsp3) is 0.188. The van der Waals surface area contributed by atoms with Crippen molar-refractivity contribution in [2.45, 2.75) is 32.0 Å². The molecule has 0 amide bonds. The summed E-state index contributed by atoms with van der Waals surface area (Å²) >= 11 is 0. The minimum atomic E-state index is -0.912. The molecule has 4 aromatic rings. The van der Waals surface area contributed by atoms with Gasteiger partial charge in [-0.1, -0.05) is 98.3 Å². The predicted octanol–water partition coefficient (Wildman–Crippen LogP) is 8.51. The number of halogens is 3. The highest BCUT2D eigenvalue weighted by Gasteiger charge is 2.27. The Morgan fingerprint density at radius 1 is 0.811 bits per heavy atom. The molecule has 2 nitrogen and oxygen atoms in total. The number of ether oxygens (including phenoxy) is 1. The van der Waals surface area contributed by atoms with Crippen LogP contribution >= 0.6 is 0 Å². The summed E-state index contributed by atoms with van der Waals surface area (Å²) in [5.41, 5.74) is 4.35. The molecular weight excluding hydrogens is 473 g/mol. The second-order valence-corrected chi connectivity index (χ2v) is 9.27. The summed E-state index contributed by atoms with van der Waals surface area (Å²) in [6, 6.07) is 22.2. The van der Waals surface area contributed by atoms with E-state index in [1.54, 1.807) is 72.8 Å². The first kappa shape index (κ1) is 25.0. The zero-order valence-electron chi connectivity index (χ0n) is 20.4. The van der Waals surface area contributed by atoms with Crippen LogP contribution in [0.5, 0.6) is 0 Å². The molecule has 5 heteroatoms. The van der Waals surface area contributed by atoms with Crippen LogP contribution < -0.4 is 0 Å². The van der Waals surface area contributed by atoms with Gasteiger partial charge in [0.2, 0.25) is 0 Å². The fourth-order valence-corrected chi connectivity index (χ4v) is 4.42. The first-order valence-corrected chi connectivity index (χ1v) is 12.4. The summed E-state index contributed by atoms with van der Waals surface area (Å²) in [4.78, 5) is 0. The molecule has 1 heterocycles. The van der Waals surface area contributed by atoms with E-state index >= 15 is 8.78 Å². The number of hydrogen-bond acceptors (Lipinski definition) is 2. The van der Waals surface area contributed by atoms with Gasteiger partial charge in [0.15, 0.2) is 11.6 Å². The van der Waals surface area contributed by atoms with Crippen molar-refractivity contribution in [3.05, 3.63) is 119 Å². The fourth-order valence-electron chi connectivity index (χ4n) is 4.42. The van der Waals surface area contributed by atoms with Crippen LogP contribution in [0, 0.1) is 17.5 Å². The van der Waals surface area contributed by atoms with Gasteiger partial charge in [-0.2, -0.15) is 0 Å². The largest absolute Gasteiger partial charge is 0.388 e. The molecule has 0 bridgehead atoms. The molecule has 1 fully saturated rings. The van der Waals surface area contributed by atoms with E-state index in [1.807, 2.05) is 19.1 Å². The average molecular weight is 501 g/mol. The predicted molar refractivity (Wildman–Crippen MR) is 141 cm³/mol. The van der Waals surface area contributed by atoms with Gasteiger partial charge in [0.25, 0.3) is 0 Å². The Labute approximate surface area is 214 Å². The highest BCUT2D eigenvalue weighted by atomic mass is 19.2. The number of benzene rings is 4. The number of aliphatic hydroxyl groups is 1. The molecule has 1 saturated heterocycles. The van der Waals surface area contributed by atoms with E-state index in [4.69, 9.17) is 4.74 Å². The van der Waals surface area contributed by atoms with Crippen LogP contribution in [-0.4, -0.2) is 11.7 Å². The molecule has 0 spiro atoms. The van der Waals surface area contributed by atoms with E-state index in [-0.39, 0.29) is 23.0 Å². The van der Waals surface area contributed by atoms with Crippen LogP contribution in [0.1, 0.15) is 54.2 Å². The van der Waals surface area contributed by atoms with E-state index in [0.717, 1.165) is 23.1 Å². The van der Waals surface area contributed by atoms with Gasteiger partial charge < -0.3 is 9.84 Å². The van der Waals surface area contributed by atoms with Crippen molar-refractivity contribution in [3.63, 3.8) is 0 Å². The van der Waals surface area contributed by atoms with E-state index in [9.17, 15) is 9.50 Å². The van der Waals surface area contributed by atoms with Gasteiger partial charge in [-0.3, -0.25) is 0 Å². The molecule has 1 aliphatic rings. The minimum Gasteiger partial charge on any atom is -0.388 e. The Morgan fingerprint density at radius 3 is 1.89 bits per heavy atom. The minimum absolute atomic E-state index is 0.130. The van der Waals surface area contributed by atoms with Crippen molar-refractivity contribution in [3.8, 4) is 22.3 Å². The molecular formula is C32H27F3O2. The molecule has 0 aliphatic carbocycles. The van der Waals surface area contributed by atoms with Crippen molar-refractivity contribution < 1.29 is 23.0 Å². The lowest BCUT2D eigenvalue weighted by Crippen LogP contribution is -1.97. The first-order chi connectivity index (χ1) is 17.9. The van der Waals surface area contributed by atoms with E-state index in [1.165, 1.54) is 6.07 Å². The Bertz CT molecular complexity index is 1420. The summed E-state index contributed by atoms with van der Waals surface area (Å²) in [5.74, 6) is -2.11. The van der Waals surface area contributed by atoms with E-state index in [2.05, 4.69) is 0 Å². The van der Waals surface area contributed by atoms with Crippen molar-refractivity contribution in [1.29, 1.82) is 0 Å². The molecule has 1 N–H and O–H groups in total. The lowest BCUT2D eigenvalue weighted by molar-refractivity contribution is 0.166. The zero-order chi connectivity index (χ0) is 25.9. The second kappa shape index (κ2) is 10.8. The molecule has 1 aliphatic heterocycles. The summed E-state index contributed by atoms with van der Waals surface area (Å²) in [7, 11) is 0. The molecule has 4 aromatic carbocycles. The topological polar surface area (TPSA) is 32.8 Å². The third kappa shape index (κ3) is 5.53. The normalized spacial score (nSPS) is 15.8. The number of rotatable bonds is 8. The van der Waals surface area contributed by atoms with Crippen LogP contribution in [0.25, 0.3) is 34.4 Å². The van der Waals surface area contributed by atoms with Crippen LogP contribution in [0.3, 0.4) is 0 Å². The molecule has 0 saturated carbocycles. The molecule has 0 radical (unpaired) electrons. The monoisotopic (exact) mass is 500 g/mol. The van der Waals surface area contributed by atoms with Crippen molar-refractivity contribution >= 4 is 12.2 Å². The smallest absolute Gasteiger partial charge is 0.167 e. The first-order valence-electron chi connectivity index (χ1n) is 12.4. The summed E-state index contributed by atoms with van der Waals surface area (Å²) in [5, 5.41) is 10.1. The highest BCUT2D eigenvalue weighted by molar-refractivity contribution is 5.74. The van der Waals surface area contributed by atoms with Gasteiger partial charge in [0.05, 0.1) is 12.7 Å². The number of hydrogen-bond donors (Lipinski definition) is 1. The lowest BCUT2D eigenvalue weighted by Gasteiger charge is -2.12. The Morgan fingerprint density at radius 2 is 1.35 bits per heavy atom. The maximum atomic E-state index is 15.1. The Hall–Kier alpha value is -3.67. The zero-order valence-corrected chi connectivity index (χ0v) is 20.4. The highest BCUT2D eigenvalue weighted by Crippen LogP contribution is 2.34. The molecule has 37 heavy (non-hydrogen) atoms. The molecule has 2 atom stereocenters. The average Bonchev–Trinajstić information content (AvgIpc) is 3.75. The van der Waals surface area contributed by atoms with Gasteiger partial charge in [0, 0.05) is 16.7 Å².